The van der Waals surface area contributed by atoms with Gasteiger partial charge in [-0.15, -0.1) is 0 Å². The van der Waals surface area contributed by atoms with Crippen LogP contribution >= 0.6 is 22.9 Å². The van der Waals surface area contributed by atoms with E-state index < -0.39 is 0 Å². The number of carbonyl (C=O) groups is 2. The summed E-state index contributed by atoms with van der Waals surface area (Å²) in [6.45, 7) is 1.14. The Hall–Kier alpha value is -2.44. The monoisotopic (exact) mass is 399 g/mol. The number of likely N-dealkylation sites (tertiary alicyclic amines) is 1. The van der Waals surface area contributed by atoms with E-state index in [9.17, 15) is 9.59 Å². The van der Waals surface area contributed by atoms with E-state index >= 15 is 0 Å². The lowest BCUT2D eigenvalue weighted by Gasteiger charge is -2.31. The molecule has 3 aromatic rings. The van der Waals surface area contributed by atoms with Crippen LogP contribution in [0.2, 0.25) is 5.02 Å². The summed E-state index contributed by atoms with van der Waals surface area (Å²) < 4.78 is 1.05. The van der Waals surface area contributed by atoms with Crippen LogP contribution in [-0.4, -0.2) is 34.8 Å². The highest BCUT2D eigenvalue weighted by Gasteiger charge is 2.28. The maximum atomic E-state index is 12.6. The predicted molar refractivity (Wildman–Crippen MR) is 108 cm³/mol. The van der Waals surface area contributed by atoms with Gasteiger partial charge >= 0.3 is 0 Å². The van der Waals surface area contributed by atoms with Crippen molar-refractivity contribution in [2.75, 3.05) is 18.4 Å². The highest BCUT2D eigenvalue weighted by Crippen LogP contribution is 2.27. The number of nitrogens with zero attached hydrogens (tertiary/aromatic N) is 2. The standard InChI is InChI=1S/C20H18ClN3O2S/c21-15-7-5-14(6-8-15)19(26)24-11-9-13(10-12-24)18(25)23-20-22-16-3-1-2-4-17(16)27-20/h1-8,13H,9-12H2,(H,22,23,25). The first-order chi connectivity index (χ1) is 13.1. The Morgan fingerprint density at radius 1 is 1.07 bits per heavy atom. The van der Waals surface area contributed by atoms with Crippen molar-refractivity contribution in [2.45, 2.75) is 12.8 Å². The summed E-state index contributed by atoms with van der Waals surface area (Å²) >= 11 is 7.35. The van der Waals surface area contributed by atoms with E-state index in [1.807, 2.05) is 24.3 Å². The van der Waals surface area contributed by atoms with Gasteiger partial charge in [-0.05, 0) is 49.2 Å². The SMILES string of the molecule is O=C(Nc1nc2ccccc2s1)C1CCN(C(=O)c2ccc(Cl)cc2)CC1. The number of fused-ring (bicyclic) bond motifs is 1. The predicted octanol–water partition coefficient (Wildman–Crippen LogP) is 4.44. The molecule has 0 atom stereocenters. The van der Waals surface area contributed by atoms with Crippen molar-refractivity contribution >= 4 is 50.1 Å². The summed E-state index contributed by atoms with van der Waals surface area (Å²) in [4.78, 5) is 31.4. The van der Waals surface area contributed by atoms with E-state index in [0.717, 1.165) is 10.2 Å². The van der Waals surface area contributed by atoms with Gasteiger partial charge in [0, 0.05) is 29.6 Å². The zero-order chi connectivity index (χ0) is 18.8. The number of amides is 2. The smallest absolute Gasteiger partial charge is 0.253 e. The Bertz CT molecular complexity index is 945. The van der Waals surface area contributed by atoms with E-state index in [1.54, 1.807) is 29.2 Å². The molecular formula is C20H18ClN3O2S. The van der Waals surface area contributed by atoms with Crippen LogP contribution in [0.4, 0.5) is 5.13 Å². The Kier molecular flexibility index (Phi) is 5.09. The Balaban J connectivity index is 1.35. The molecule has 0 saturated carbocycles. The van der Waals surface area contributed by atoms with Gasteiger partial charge in [0.15, 0.2) is 5.13 Å². The molecule has 1 fully saturated rings. The van der Waals surface area contributed by atoms with Crippen LogP contribution in [0.1, 0.15) is 23.2 Å². The van der Waals surface area contributed by atoms with Gasteiger partial charge in [-0.2, -0.15) is 0 Å². The lowest BCUT2D eigenvalue weighted by Crippen LogP contribution is -2.41. The van der Waals surface area contributed by atoms with E-state index in [1.165, 1.54) is 11.3 Å². The molecule has 0 radical (unpaired) electrons. The van der Waals surface area contributed by atoms with Gasteiger partial charge in [-0.25, -0.2) is 4.98 Å². The van der Waals surface area contributed by atoms with E-state index in [2.05, 4.69) is 10.3 Å². The number of piperidine rings is 1. The highest BCUT2D eigenvalue weighted by atomic mass is 35.5. The molecular weight excluding hydrogens is 382 g/mol. The topological polar surface area (TPSA) is 62.3 Å². The van der Waals surface area contributed by atoms with Gasteiger partial charge in [0.25, 0.3) is 5.91 Å². The number of anilines is 1. The van der Waals surface area contributed by atoms with E-state index in [4.69, 9.17) is 11.6 Å². The fourth-order valence-electron chi connectivity index (χ4n) is 3.25. The third kappa shape index (κ3) is 3.96. The molecule has 4 rings (SSSR count). The van der Waals surface area contributed by atoms with Gasteiger partial charge < -0.3 is 10.2 Å². The third-order valence-electron chi connectivity index (χ3n) is 4.77. The van der Waals surface area contributed by atoms with E-state index in [0.29, 0.717) is 41.6 Å². The van der Waals surface area contributed by atoms with Crippen LogP contribution in [-0.2, 0) is 4.79 Å². The maximum Gasteiger partial charge on any atom is 0.253 e. The molecule has 2 aromatic carbocycles. The van der Waals surface area contributed by atoms with Crippen LogP contribution in [0.25, 0.3) is 10.2 Å². The molecule has 1 aromatic heterocycles. The summed E-state index contributed by atoms with van der Waals surface area (Å²) in [5.41, 5.74) is 1.51. The van der Waals surface area contributed by atoms with Crippen molar-refractivity contribution in [3.05, 3.63) is 59.1 Å². The molecule has 0 bridgehead atoms. The molecule has 138 valence electrons. The molecule has 0 aliphatic carbocycles. The number of hydrogen-bond donors (Lipinski definition) is 1. The maximum absolute atomic E-state index is 12.6. The Morgan fingerprint density at radius 3 is 2.48 bits per heavy atom. The zero-order valence-electron chi connectivity index (χ0n) is 14.5. The summed E-state index contributed by atoms with van der Waals surface area (Å²) in [7, 11) is 0. The van der Waals surface area contributed by atoms with Crippen molar-refractivity contribution in [3.8, 4) is 0 Å². The van der Waals surface area contributed by atoms with E-state index in [-0.39, 0.29) is 17.7 Å². The molecule has 0 unspecified atom stereocenters. The third-order valence-corrected chi connectivity index (χ3v) is 5.97. The minimum absolute atomic E-state index is 0.0169. The van der Waals surface area contributed by atoms with Crippen LogP contribution in [0, 0.1) is 5.92 Å². The second-order valence-corrected chi connectivity index (χ2v) is 8.02. The lowest BCUT2D eigenvalue weighted by molar-refractivity contribution is -0.121. The number of thiazole rings is 1. The summed E-state index contributed by atoms with van der Waals surface area (Å²) in [5, 5.41) is 4.17. The van der Waals surface area contributed by atoms with Crippen molar-refractivity contribution < 1.29 is 9.59 Å². The number of rotatable bonds is 3. The molecule has 27 heavy (non-hydrogen) atoms. The van der Waals surface area contributed by atoms with Gasteiger partial charge in [0.05, 0.1) is 10.2 Å². The van der Waals surface area contributed by atoms with Crippen LogP contribution < -0.4 is 5.32 Å². The minimum atomic E-state index is -0.105. The fourth-order valence-corrected chi connectivity index (χ4v) is 4.25. The van der Waals surface area contributed by atoms with Crippen molar-refractivity contribution in [2.24, 2.45) is 5.92 Å². The lowest BCUT2D eigenvalue weighted by atomic mass is 9.95. The van der Waals surface area contributed by atoms with Gasteiger partial charge in [0.1, 0.15) is 0 Å². The quantitative estimate of drug-likeness (QED) is 0.708. The van der Waals surface area contributed by atoms with Crippen LogP contribution in [0.15, 0.2) is 48.5 Å². The summed E-state index contributed by atoms with van der Waals surface area (Å²) in [6.07, 6.45) is 1.30. The molecule has 1 saturated heterocycles. The molecule has 1 aliphatic rings. The number of para-hydroxylation sites is 1. The second kappa shape index (κ2) is 7.66. The Morgan fingerprint density at radius 2 is 1.78 bits per heavy atom. The van der Waals surface area contributed by atoms with Crippen LogP contribution in [0.3, 0.4) is 0 Å². The highest BCUT2D eigenvalue weighted by molar-refractivity contribution is 7.22. The average Bonchev–Trinajstić information content (AvgIpc) is 3.10. The summed E-state index contributed by atoms with van der Waals surface area (Å²) in [5.74, 6) is -0.143. The molecule has 5 nitrogen and oxygen atoms in total. The number of benzene rings is 2. The summed E-state index contributed by atoms with van der Waals surface area (Å²) in [6, 6.07) is 14.7. The first-order valence-corrected chi connectivity index (χ1v) is 10.0. The number of hydrogen-bond acceptors (Lipinski definition) is 4. The minimum Gasteiger partial charge on any atom is -0.339 e. The average molecular weight is 400 g/mol. The fraction of sp³-hybridized carbons (Fsp3) is 0.250. The van der Waals surface area contributed by atoms with Gasteiger partial charge in [0.2, 0.25) is 5.91 Å². The van der Waals surface area contributed by atoms with Gasteiger partial charge in [-0.3, -0.25) is 9.59 Å². The molecule has 1 aliphatic heterocycles. The van der Waals surface area contributed by atoms with Crippen molar-refractivity contribution in [3.63, 3.8) is 0 Å². The van der Waals surface area contributed by atoms with Crippen molar-refractivity contribution in [1.82, 2.24) is 9.88 Å². The first-order valence-electron chi connectivity index (χ1n) is 8.81. The zero-order valence-corrected chi connectivity index (χ0v) is 16.1. The Labute approximate surface area is 166 Å². The number of aromatic nitrogens is 1. The van der Waals surface area contributed by atoms with Gasteiger partial charge in [-0.1, -0.05) is 35.1 Å². The molecule has 2 amide bonds. The molecule has 0 spiro atoms. The largest absolute Gasteiger partial charge is 0.339 e. The van der Waals surface area contributed by atoms with Crippen molar-refractivity contribution in [1.29, 1.82) is 0 Å². The molecule has 2 heterocycles. The second-order valence-electron chi connectivity index (χ2n) is 6.55. The first kappa shape index (κ1) is 17.9. The van der Waals surface area contributed by atoms with Crippen LogP contribution in [0.5, 0.6) is 0 Å². The number of nitrogens with one attached hydrogen (secondary N) is 1. The number of carbonyl (C=O) groups excluding carboxylic acids is 2. The molecule has 1 N–H and O–H groups in total. The molecule has 7 heteroatoms. The number of halogens is 1. The normalized spacial score (nSPS) is 15.1.